The van der Waals surface area contributed by atoms with E-state index in [0.29, 0.717) is 12.1 Å². The molecule has 0 aliphatic carbocycles. The second-order valence-electron chi connectivity index (χ2n) is 4.80. The van der Waals surface area contributed by atoms with E-state index in [0.717, 1.165) is 17.2 Å². The van der Waals surface area contributed by atoms with Crippen molar-refractivity contribution in [1.82, 2.24) is 25.5 Å². The molecule has 0 amide bonds. The molecule has 0 radical (unpaired) electrons. The van der Waals surface area contributed by atoms with Crippen molar-refractivity contribution in [2.24, 2.45) is 0 Å². The number of nitrogens with zero attached hydrogens (tertiary/aromatic N) is 4. The summed E-state index contributed by atoms with van der Waals surface area (Å²) in [5.74, 6) is 2.29. The van der Waals surface area contributed by atoms with Gasteiger partial charge in [-0.3, -0.25) is 0 Å². The number of thioether (sulfide) groups is 1. The van der Waals surface area contributed by atoms with Gasteiger partial charge in [-0.2, -0.15) is 11.8 Å². The molecule has 1 aromatic carbocycles. The second kappa shape index (κ2) is 7.40. The molecule has 0 fully saturated rings. The molecule has 0 aliphatic heterocycles. The first-order valence-corrected chi connectivity index (χ1v) is 8.03. The Kier molecular flexibility index (Phi) is 5.55. The van der Waals surface area contributed by atoms with Gasteiger partial charge in [-0.1, -0.05) is 19.1 Å². The Morgan fingerprint density at radius 2 is 2.20 bits per heavy atom. The standard InChI is InChI=1S/C14H21N5S/c1-4-20-9-11(2)16-12(3)13-6-5-7-14(8-13)19-10-15-17-18-19/h5-8,10-12,16H,4,9H2,1-3H3. The third-order valence-corrected chi connectivity index (χ3v) is 4.23. The molecule has 0 spiro atoms. The van der Waals surface area contributed by atoms with Crippen LogP contribution >= 0.6 is 11.8 Å². The van der Waals surface area contributed by atoms with E-state index < -0.39 is 0 Å². The van der Waals surface area contributed by atoms with Crippen LogP contribution < -0.4 is 5.32 Å². The number of benzene rings is 1. The molecule has 5 nitrogen and oxygen atoms in total. The topological polar surface area (TPSA) is 55.6 Å². The SMILES string of the molecule is CCSCC(C)NC(C)c1cccc(-n2cnnn2)c1. The average molecular weight is 291 g/mol. The zero-order chi connectivity index (χ0) is 14.4. The van der Waals surface area contributed by atoms with Gasteiger partial charge in [0.2, 0.25) is 0 Å². The largest absolute Gasteiger partial charge is 0.307 e. The molecule has 108 valence electrons. The van der Waals surface area contributed by atoms with Crippen LogP contribution in [0.1, 0.15) is 32.4 Å². The maximum atomic E-state index is 3.92. The van der Waals surface area contributed by atoms with Crippen LogP contribution in [0.2, 0.25) is 0 Å². The minimum atomic E-state index is 0.305. The minimum Gasteiger partial charge on any atom is -0.307 e. The third kappa shape index (κ3) is 4.05. The lowest BCUT2D eigenvalue weighted by atomic mass is 10.1. The third-order valence-electron chi connectivity index (χ3n) is 3.09. The zero-order valence-corrected chi connectivity index (χ0v) is 13.0. The Bertz CT molecular complexity index is 514. The van der Waals surface area contributed by atoms with Gasteiger partial charge in [-0.25, -0.2) is 4.68 Å². The lowest BCUT2D eigenvalue weighted by molar-refractivity contribution is 0.511. The maximum absolute atomic E-state index is 3.92. The van der Waals surface area contributed by atoms with Gasteiger partial charge < -0.3 is 5.32 Å². The summed E-state index contributed by atoms with van der Waals surface area (Å²) in [6.07, 6.45) is 1.61. The zero-order valence-electron chi connectivity index (χ0n) is 12.2. The van der Waals surface area contributed by atoms with Gasteiger partial charge in [0.05, 0.1) is 5.69 Å². The molecule has 2 aromatic rings. The Labute approximate surface area is 124 Å². The Morgan fingerprint density at radius 1 is 1.35 bits per heavy atom. The van der Waals surface area contributed by atoms with E-state index in [1.54, 1.807) is 11.0 Å². The molecule has 1 heterocycles. The fraction of sp³-hybridized carbons (Fsp3) is 0.500. The number of hydrogen-bond donors (Lipinski definition) is 1. The van der Waals surface area contributed by atoms with Gasteiger partial charge in [-0.05, 0) is 47.7 Å². The van der Waals surface area contributed by atoms with Crippen molar-refractivity contribution in [3.63, 3.8) is 0 Å². The number of aromatic nitrogens is 4. The highest BCUT2D eigenvalue weighted by Gasteiger charge is 2.10. The van der Waals surface area contributed by atoms with E-state index in [9.17, 15) is 0 Å². The first-order chi connectivity index (χ1) is 9.70. The highest BCUT2D eigenvalue weighted by Crippen LogP contribution is 2.17. The van der Waals surface area contributed by atoms with Crippen LogP contribution in [-0.2, 0) is 0 Å². The van der Waals surface area contributed by atoms with Gasteiger partial charge >= 0.3 is 0 Å². The fourth-order valence-electron chi connectivity index (χ4n) is 2.08. The molecule has 0 bridgehead atoms. The quantitative estimate of drug-likeness (QED) is 0.849. The molecule has 0 saturated heterocycles. The van der Waals surface area contributed by atoms with Crippen LogP contribution in [-0.4, -0.2) is 37.8 Å². The van der Waals surface area contributed by atoms with Crippen molar-refractivity contribution in [3.8, 4) is 5.69 Å². The number of hydrogen-bond acceptors (Lipinski definition) is 5. The molecule has 0 aliphatic rings. The van der Waals surface area contributed by atoms with Crippen molar-refractivity contribution in [3.05, 3.63) is 36.2 Å². The summed E-state index contributed by atoms with van der Waals surface area (Å²) >= 11 is 1.96. The van der Waals surface area contributed by atoms with E-state index in [1.807, 2.05) is 23.9 Å². The van der Waals surface area contributed by atoms with Crippen LogP contribution in [0.15, 0.2) is 30.6 Å². The maximum Gasteiger partial charge on any atom is 0.143 e. The highest BCUT2D eigenvalue weighted by atomic mass is 32.2. The van der Waals surface area contributed by atoms with E-state index in [2.05, 4.69) is 53.7 Å². The van der Waals surface area contributed by atoms with Gasteiger partial charge in [0.1, 0.15) is 6.33 Å². The lowest BCUT2D eigenvalue weighted by Crippen LogP contribution is -2.31. The van der Waals surface area contributed by atoms with E-state index >= 15 is 0 Å². The Balaban J connectivity index is 2.03. The predicted molar refractivity (Wildman–Crippen MR) is 83.2 cm³/mol. The molecular formula is C14H21N5S. The molecule has 20 heavy (non-hydrogen) atoms. The first kappa shape index (κ1) is 15.0. The molecule has 2 unspecified atom stereocenters. The number of nitrogens with one attached hydrogen (secondary N) is 1. The summed E-state index contributed by atoms with van der Waals surface area (Å²) in [6.45, 7) is 6.60. The second-order valence-corrected chi connectivity index (χ2v) is 6.12. The Hall–Kier alpha value is -1.40. The molecule has 2 atom stereocenters. The first-order valence-electron chi connectivity index (χ1n) is 6.87. The van der Waals surface area contributed by atoms with Crippen LogP contribution in [0.3, 0.4) is 0 Å². The summed E-state index contributed by atoms with van der Waals surface area (Å²) < 4.78 is 1.67. The normalized spacial score (nSPS) is 14.2. The minimum absolute atomic E-state index is 0.305. The monoisotopic (exact) mass is 291 g/mol. The van der Waals surface area contributed by atoms with Crippen molar-refractivity contribution < 1.29 is 0 Å². The number of rotatable bonds is 7. The van der Waals surface area contributed by atoms with Gasteiger partial charge in [0, 0.05) is 17.8 Å². The lowest BCUT2D eigenvalue weighted by Gasteiger charge is -2.20. The van der Waals surface area contributed by atoms with Crippen LogP contribution in [0.25, 0.3) is 5.69 Å². The summed E-state index contributed by atoms with van der Waals surface area (Å²) in [5, 5.41) is 14.9. The van der Waals surface area contributed by atoms with Crippen molar-refractivity contribution in [2.75, 3.05) is 11.5 Å². The van der Waals surface area contributed by atoms with Crippen molar-refractivity contribution in [2.45, 2.75) is 32.9 Å². The molecular weight excluding hydrogens is 270 g/mol. The van der Waals surface area contributed by atoms with Gasteiger partial charge in [0.25, 0.3) is 0 Å². The van der Waals surface area contributed by atoms with E-state index in [4.69, 9.17) is 0 Å². The average Bonchev–Trinajstić information content (AvgIpc) is 2.99. The summed E-state index contributed by atoms with van der Waals surface area (Å²) in [6, 6.07) is 9.09. The van der Waals surface area contributed by atoms with Gasteiger partial charge in [-0.15, -0.1) is 5.10 Å². The highest BCUT2D eigenvalue weighted by molar-refractivity contribution is 7.99. The fourth-order valence-corrected chi connectivity index (χ4v) is 2.77. The summed E-state index contributed by atoms with van der Waals surface area (Å²) in [5.41, 5.74) is 2.23. The van der Waals surface area contributed by atoms with Crippen LogP contribution in [0.5, 0.6) is 0 Å². The molecule has 0 saturated carbocycles. The molecule has 1 N–H and O–H groups in total. The predicted octanol–water partition coefficient (Wildman–Crippen LogP) is 2.45. The molecule has 6 heteroatoms. The molecule has 2 rings (SSSR count). The summed E-state index contributed by atoms with van der Waals surface area (Å²) in [4.78, 5) is 0. The summed E-state index contributed by atoms with van der Waals surface area (Å²) in [7, 11) is 0. The smallest absolute Gasteiger partial charge is 0.143 e. The van der Waals surface area contributed by atoms with Crippen molar-refractivity contribution >= 4 is 11.8 Å². The van der Waals surface area contributed by atoms with E-state index in [-0.39, 0.29) is 0 Å². The van der Waals surface area contributed by atoms with Gasteiger partial charge in [0.15, 0.2) is 0 Å². The van der Waals surface area contributed by atoms with Crippen molar-refractivity contribution in [1.29, 1.82) is 0 Å². The molecule has 1 aromatic heterocycles. The van der Waals surface area contributed by atoms with Crippen LogP contribution in [0.4, 0.5) is 0 Å². The van der Waals surface area contributed by atoms with Crippen LogP contribution in [0, 0.1) is 0 Å². The number of tetrazole rings is 1. The Morgan fingerprint density at radius 3 is 2.90 bits per heavy atom. The van der Waals surface area contributed by atoms with E-state index in [1.165, 1.54) is 5.56 Å².